The van der Waals surface area contributed by atoms with Crippen molar-refractivity contribution in [3.05, 3.63) is 71.0 Å². The molecule has 1 aliphatic heterocycles. The Balaban J connectivity index is 1.41. The molecule has 0 spiro atoms. The molecule has 0 radical (unpaired) electrons. The lowest BCUT2D eigenvalue weighted by Gasteiger charge is -2.34. The first-order chi connectivity index (χ1) is 12.1. The minimum absolute atomic E-state index is 0.190. The molecule has 0 aromatic heterocycles. The summed E-state index contributed by atoms with van der Waals surface area (Å²) in [5.74, 6) is -1.08. The van der Waals surface area contributed by atoms with Crippen molar-refractivity contribution in [2.24, 2.45) is 0 Å². The lowest BCUT2D eigenvalue weighted by molar-refractivity contribution is 0.0697. The van der Waals surface area contributed by atoms with Crippen molar-refractivity contribution in [1.82, 2.24) is 9.80 Å². The number of hydrogen-bond donors (Lipinski definition) is 1. The van der Waals surface area contributed by atoms with Gasteiger partial charge in [-0.05, 0) is 41.8 Å². The Hall–Kier alpha value is -2.24. The Kier molecular flexibility index (Phi) is 5.79. The average molecular weight is 342 g/mol. The first kappa shape index (κ1) is 17.6. The molecule has 1 fully saturated rings. The molecule has 5 heteroatoms. The van der Waals surface area contributed by atoms with Crippen molar-refractivity contribution in [3.63, 3.8) is 0 Å². The predicted molar refractivity (Wildman–Crippen MR) is 95.2 cm³/mol. The summed E-state index contributed by atoms with van der Waals surface area (Å²) >= 11 is 0. The van der Waals surface area contributed by atoms with E-state index in [2.05, 4.69) is 9.80 Å². The minimum atomic E-state index is -0.885. The number of benzene rings is 2. The van der Waals surface area contributed by atoms with E-state index in [1.165, 1.54) is 17.7 Å². The van der Waals surface area contributed by atoms with E-state index in [-0.39, 0.29) is 5.82 Å². The van der Waals surface area contributed by atoms with E-state index in [9.17, 15) is 9.18 Å². The largest absolute Gasteiger partial charge is 0.478 e. The van der Waals surface area contributed by atoms with Crippen LogP contribution in [0.4, 0.5) is 4.39 Å². The second kappa shape index (κ2) is 8.23. The summed E-state index contributed by atoms with van der Waals surface area (Å²) in [4.78, 5) is 15.7. The highest BCUT2D eigenvalue weighted by Crippen LogP contribution is 2.11. The molecule has 1 saturated heterocycles. The van der Waals surface area contributed by atoms with E-state index < -0.39 is 5.97 Å². The number of halogens is 1. The van der Waals surface area contributed by atoms with Gasteiger partial charge >= 0.3 is 5.97 Å². The standard InChI is InChI=1S/C20H23FN2O2/c21-19-7-3-17(4-8-19)15-23-13-11-22(12-14-23)10-9-16-1-5-18(6-2-16)20(24)25/h1-8H,9-15H2,(H,24,25). The molecule has 0 saturated carbocycles. The van der Waals surface area contributed by atoms with Gasteiger partial charge in [0.15, 0.2) is 0 Å². The Labute approximate surface area is 147 Å². The van der Waals surface area contributed by atoms with E-state index in [0.29, 0.717) is 5.56 Å². The zero-order valence-electron chi connectivity index (χ0n) is 14.2. The highest BCUT2D eigenvalue weighted by molar-refractivity contribution is 5.87. The van der Waals surface area contributed by atoms with Crippen LogP contribution in [0.15, 0.2) is 48.5 Å². The number of piperazine rings is 1. The van der Waals surface area contributed by atoms with Crippen molar-refractivity contribution in [3.8, 4) is 0 Å². The number of carboxylic acids is 1. The summed E-state index contributed by atoms with van der Waals surface area (Å²) in [6.45, 7) is 5.91. The first-order valence-electron chi connectivity index (χ1n) is 8.61. The molecule has 1 N–H and O–H groups in total. The van der Waals surface area contributed by atoms with Gasteiger partial charge in [0, 0.05) is 39.3 Å². The third-order valence-corrected chi connectivity index (χ3v) is 4.70. The van der Waals surface area contributed by atoms with Crippen molar-refractivity contribution in [2.75, 3.05) is 32.7 Å². The predicted octanol–water partition coefficient (Wildman–Crippen LogP) is 2.88. The van der Waals surface area contributed by atoms with Crippen LogP contribution in [0.2, 0.25) is 0 Å². The van der Waals surface area contributed by atoms with Gasteiger partial charge in [0.1, 0.15) is 5.82 Å². The first-order valence-corrected chi connectivity index (χ1v) is 8.61. The SMILES string of the molecule is O=C(O)c1ccc(CCN2CCN(Cc3ccc(F)cc3)CC2)cc1. The van der Waals surface area contributed by atoms with Gasteiger partial charge in [0.05, 0.1) is 5.56 Å². The van der Waals surface area contributed by atoms with Crippen LogP contribution in [0.1, 0.15) is 21.5 Å². The number of carbonyl (C=O) groups is 1. The summed E-state index contributed by atoms with van der Waals surface area (Å²) in [5, 5.41) is 8.92. The number of aromatic carboxylic acids is 1. The summed E-state index contributed by atoms with van der Waals surface area (Å²) < 4.78 is 13.0. The Morgan fingerprint density at radius 1 is 0.880 bits per heavy atom. The van der Waals surface area contributed by atoms with E-state index in [0.717, 1.165) is 51.3 Å². The van der Waals surface area contributed by atoms with E-state index >= 15 is 0 Å². The molecule has 25 heavy (non-hydrogen) atoms. The molecule has 0 atom stereocenters. The average Bonchev–Trinajstić information content (AvgIpc) is 2.63. The molecule has 4 nitrogen and oxygen atoms in total. The zero-order chi connectivity index (χ0) is 17.6. The van der Waals surface area contributed by atoms with Gasteiger partial charge in [0.25, 0.3) is 0 Å². The van der Waals surface area contributed by atoms with Gasteiger partial charge in [-0.25, -0.2) is 9.18 Å². The third kappa shape index (κ3) is 5.11. The summed E-state index contributed by atoms with van der Waals surface area (Å²) in [5.41, 5.74) is 2.64. The second-order valence-corrected chi connectivity index (χ2v) is 6.50. The maximum Gasteiger partial charge on any atom is 0.335 e. The molecule has 0 bridgehead atoms. The number of nitrogens with zero attached hydrogens (tertiary/aromatic N) is 2. The molecular weight excluding hydrogens is 319 g/mol. The summed E-state index contributed by atoms with van der Waals surface area (Å²) in [7, 11) is 0. The van der Waals surface area contributed by atoms with Crippen molar-refractivity contribution < 1.29 is 14.3 Å². The van der Waals surface area contributed by atoms with Gasteiger partial charge in [-0.1, -0.05) is 24.3 Å². The van der Waals surface area contributed by atoms with Gasteiger partial charge in [-0.15, -0.1) is 0 Å². The maximum atomic E-state index is 13.0. The summed E-state index contributed by atoms with van der Waals surface area (Å²) in [6.07, 6.45) is 0.928. The van der Waals surface area contributed by atoms with Crippen LogP contribution >= 0.6 is 0 Å². The maximum absolute atomic E-state index is 13.0. The molecule has 2 aromatic carbocycles. The number of carboxylic acid groups (broad SMARTS) is 1. The second-order valence-electron chi connectivity index (χ2n) is 6.50. The lowest BCUT2D eigenvalue weighted by atomic mass is 10.1. The van der Waals surface area contributed by atoms with Gasteiger partial charge < -0.3 is 10.0 Å². The Morgan fingerprint density at radius 3 is 2.04 bits per heavy atom. The molecule has 2 aromatic rings. The fourth-order valence-corrected chi connectivity index (χ4v) is 3.12. The fourth-order valence-electron chi connectivity index (χ4n) is 3.12. The van der Waals surface area contributed by atoms with Crippen LogP contribution < -0.4 is 0 Å². The van der Waals surface area contributed by atoms with Crippen molar-refractivity contribution in [1.29, 1.82) is 0 Å². The zero-order valence-corrected chi connectivity index (χ0v) is 14.2. The molecule has 1 aliphatic rings. The van der Waals surface area contributed by atoms with Crippen LogP contribution in [-0.4, -0.2) is 53.6 Å². The van der Waals surface area contributed by atoms with Gasteiger partial charge in [-0.2, -0.15) is 0 Å². The highest BCUT2D eigenvalue weighted by Gasteiger charge is 2.16. The van der Waals surface area contributed by atoms with E-state index in [4.69, 9.17) is 5.11 Å². The van der Waals surface area contributed by atoms with Crippen LogP contribution in [0.3, 0.4) is 0 Å². The van der Waals surface area contributed by atoms with Crippen LogP contribution in [-0.2, 0) is 13.0 Å². The van der Waals surface area contributed by atoms with Crippen molar-refractivity contribution >= 4 is 5.97 Å². The molecular formula is C20H23FN2O2. The molecule has 0 amide bonds. The van der Waals surface area contributed by atoms with Crippen molar-refractivity contribution in [2.45, 2.75) is 13.0 Å². The fraction of sp³-hybridized carbons (Fsp3) is 0.350. The molecule has 132 valence electrons. The van der Waals surface area contributed by atoms with Gasteiger partial charge in [-0.3, -0.25) is 4.90 Å². The highest BCUT2D eigenvalue weighted by atomic mass is 19.1. The van der Waals surface area contributed by atoms with Gasteiger partial charge in [0.2, 0.25) is 0 Å². The lowest BCUT2D eigenvalue weighted by Crippen LogP contribution is -2.46. The normalized spacial score (nSPS) is 16.0. The van der Waals surface area contributed by atoms with E-state index in [1.54, 1.807) is 12.1 Å². The molecule has 3 rings (SSSR count). The minimum Gasteiger partial charge on any atom is -0.478 e. The number of hydrogen-bond acceptors (Lipinski definition) is 3. The monoisotopic (exact) mass is 342 g/mol. The Morgan fingerprint density at radius 2 is 1.44 bits per heavy atom. The third-order valence-electron chi connectivity index (χ3n) is 4.70. The number of rotatable bonds is 6. The Bertz CT molecular complexity index is 693. The summed E-state index contributed by atoms with van der Waals surface area (Å²) in [6, 6.07) is 13.9. The van der Waals surface area contributed by atoms with Crippen LogP contribution in [0, 0.1) is 5.82 Å². The van der Waals surface area contributed by atoms with E-state index in [1.807, 2.05) is 24.3 Å². The molecule has 0 aliphatic carbocycles. The smallest absolute Gasteiger partial charge is 0.335 e. The topological polar surface area (TPSA) is 43.8 Å². The molecule has 0 unspecified atom stereocenters. The molecule has 1 heterocycles. The quantitative estimate of drug-likeness (QED) is 0.877. The van der Waals surface area contributed by atoms with Crippen LogP contribution in [0.25, 0.3) is 0 Å². The van der Waals surface area contributed by atoms with Crippen LogP contribution in [0.5, 0.6) is 0 Å².